The maximum absolute atomic E-state index is 14.0. The third-order valence-electron chi connectivity index (χ3n) is 10.3. The first-order valence-electron chi connectivity index (χ1n) is 16.3. The summed E-state index contributed by atoms with van der Waals surface area (Å²) in [6.45, 7) is 4.99. The minimum Gasteiger partial charge on any atom is -0.436 e. The van der Waals surface area contributed by atoms with E-state index in [4.69, 9.17) is 28.5 Å². The van der Waals surface area contributed by atoms with Crippen LogP contribution in [-0.4, -0.2) is 96.1 Å². The van der Waals surface area contributed by atoms with Crippen LogP contribution >= 0.6 is 22.9 Å². The van der Waals surface area contributed by atoms with Gasteiger partial charge in [-0.1, -0.05) is 17.5 Å². The topological polar surface area (TPSA) is 111 Å². The lowest BCUT2D eigenvalue weighted by molar-refractivity contribution is -0.142. The Kier molecular flexibility index (Phi) is 9.97. The summed E-state index contributed by atoms with van der Waals surface area (Å²) in [4.78, 5) is 48.1. The number of thiophene rings is 1. The number of terminal acetylenes is 1. The lowest BCUT2D eigenvalue weighted by Crippen LogP contribution is -2.52. The summed E-state index contributed by atoms with van der Waals surface area (Å²) in [6.07, 6.45) is 9.84. The molecule has 1 aromatic carbocycles. The van der Waals surface area contributed by atoms with E-state index < -0.39 is 12.2 Å². The van der Waals surface area contributed by atoms with Gasteiger partial charge in [0.15, 0.2) is 6.10 Å². The van der Waals surface area contributed by atoms with E-state index in [1.807, 2.05) is 21.2 Å². The number of anilines is 2. The van der Waals surface area contributed by atoms with E-state index in [9.17, 15) is 14.4 Å². The predicted octanol–water partition coefficient (Wildman–Crippen LogP) is 5.11. The Morgan fingerprint density at radius 3 is 2.39 bits per heavy atom. The number of carbonyl (C=O) groups excluding carboxylic acids is 3. The van der Waals surface area contributed by atoms with Crippen LogP contribution in [0.3, 0.4) is 0 Å². The molecule has 0 saturated carbocycles. The summed E-state index contributed by atoms with van der Waals surface area (Å²) in [7, 11) is 2.18. The Labute approximate surface area is 280 Å². The average Bonchev–Trinajstić information content (AvgIpc) is 3.53. The largest absolute Gasteiger partial charge is 0.436 e. The highest BCUT2D eigenvalue weighted by atomic mass is 35.5. The molecule has 1 aromatic heterocycles. The van der Waals surface area contributed by atoms with Crippen LogP contribution in [0, 0.1) is 24.2 Å². The number of ether oxygens (including phenoxy) is 1. The Morgan fingerprint density at radius 2 is 1.72 bits per heavy atom. The number of nitrogens with zero attached hydrogens (tertiary/aromatic N) is 4. The second-order valence-corrected chi connectivity index (χ2v) is 14.4. The highest BCUT2D eigenvalue weighted by Crippen LogP contribution is 2.34. The SMILES string of the molecule is C#Cc1cc(C[C@@H](OC(=O)N2CCC(N3Cc4ccsc4NC3=O)CC2)C(=O)N2CCC(C3CCN(C)CC3)CC2)cc(Cl)c1N. The zero-order chi connectivity index (χ0) is 32.4. The van der Waals surface area contributed by atoms with E-state index in [-0.39, 0.29) is 24.4 Å². The fourth-order valence-electron chi connectivity index (χ4n) is 7.44. The van der Waals surface area contributed by atoms with Gasteiger partial charge in [-0.15, -0.1) is 17.8 Å². The van der Waals surface area contributed by atoms with Gasteiger partial charge in [0, 0.05) is 49.8 Å². The monoisotopic (exact) mass is 666 g/mol. The molecule has 4 aliphatic heterocycles. The van der Waals surface area contributed by atoms with Crippen LogP contribution in [-0.2, 0) is 22.5 Å². The maximum Gasteiger partial charge on any atom is 0.410 e. The van der Waals surface area contributed by atoms with Crippen molar-refractivity contribution in [2.45, 2.75) is 63.6 Å². The van der Waals surface area contributed by atoms with Gasteiger partial charge in [-0.05, 0) is 99.6 Å². The normalized spacial score (nSPS) is 21.0. The number of carbonyl (C=O) groups is 3. The summed E-state index contributed by atoms with van der Waals surface area (Å²) in [5.41, 5.74) is 8.59. The van der Waals surface area contributed by atoms with Crippen molar-refractivity contribution >= 4 is 51.7 Å². The molecule has 0 radical (unpaired) electrons. The lowest BCUT2D eigenvalue weighted by atomic mass is 9.79. The fraction of sp³-hybridized carbons (Fsp3) is 0.559. The summed E-state index contributed by atoms with van der Waals surface area (Å²) >= 11 is 7.91. The van der Waals surface area contributed by atoms with Gasteiger partial charge in [-0.2, -0.15) is 0 Å². The fourth-order valence-corrected chi connectivity index (χ4v) is 8.49. The Morgan fingerprint density at radius 1 is 1.07 bits per heavy atom. The van der Waals surface area contributed by atoms with Gasteiger partial charge in [0.2, 0.25) is 0 Å². The first-order chi connectivity index (χ1) is 22.2. The van der Waals surface area contributed by atoms with Crippen molar-refractivity contribution in [1.29, 1.82) is 0 Å². The minimum atomic E-state index is -1.03. The third kappa shape index (κ3) is 7.09. The number of nitrogens with one attached hydrogen (secondary N) is 1. The molecule has 246 valence electrons. The zero-order valence-electron chi connectivity index (χ0n) is 26.4. The molecule has 0 aliphatic carbocycles. The molecule has 0 bridgehead atoms. The Bertz CT molecular complexity index is 1480. The molecule has 0 unspecified atom stereocenters. The number of fused-ring (bicyclic) bond motifs is 1. The standard InChI is InChI=1S/C34H43ClN6O4S/c1-3-23-18-22(19-28(35)30(23)36)20-29(32(42)39-13-6-25(7-14-39)24-4-11-38(2)12-5-24)45-34(44)40-15-8-27(9-16-40)41-21-26-10-17-46-31(26)37-33(41)43/h1,10,17-19,24-25,27,29H,4-9,11-16,20-21,36H2,2H3,(H,37,43)/t29-/m1/s1. The molecule has 3 fully saturated rings. The molecule has 5 heterocycles. The van der Waals surface area contributed by atoms with Gasteiger partial charge in [0.25, 0.3) is 5.91 Å². The molecule has 0 spiro atoms. The summed E-state index contributed by atoms with van der Waals surface area (Å²) < 4.78 is 6.02. The zero-order valence-corrected chi connectivity index (χ0v) is 28.0. The highest BCUT2D eigenvalue weighted by molar-refractivity contribution is 7.14. The molecule has 2 aromatic rings. The van der Waals surface area contributed by atoms with Crippen LogP contribution in [0.4, 0.5) is 20.3 Å². The van der Waals surface area contributed by atoms with E-state index in [0.29, 0.717) is 79.2 Å². The molecule has 6 rings (SSSR count). The number of nitrogen functional groups attached to an aromatic ring is 1. The number of benzene rings is 1. The van der Waals surface area contributed by atoms with E-state index in [0.717, 1.165) is 36.5 Å². The van der Waals surface area contributed by atoms with Crippen LogP contribution in [0.15, 0.2) is 23.6 Å². The Hall–Kier alpha value is -3.46. The number of urea groups is 1. The van der Waals surface area contributed by atoms with Crippen LogP contribution in [0.25, 0.3) is 0 Å². The van der Waals surface area contributed by atoms with Crippen molar-refractivity contribution in [3.05, 3.63) is 45.3 Å². The van der Waals surface area contributed by atoms with Crippen molar-refractivity contribution in [3.63, 3.8) is 0 Å². The quantitative estimate of drug-likeness (QED) is 0.328. The first-order valence-corrected chi connectivity index (χ1v) is 17.6. The van der Waals surface area contributed by atoms with E-state index >= 15 is 0 Å². The van der Waals surface area contributed by atoms with E-state index in [1.54, 1.807) is 17.0 Å². The number of hydrogen-bond acceptors (Lipinski definition) is 7. The van der Waals surface area contributed by atoms with Crippen molar-refractivity contribution in [2.75, 3.05) is 57.4 Å². The molecule has 10 nitrogen and oxygen atoms in total. The highest BCUT2D eigenvalue weighted by Gasteiger charge is 2.37. The van der Waals surface area contributed by atoms with Gasteiger partial charge in [-0.3, -0.25) is 10.1 Å². The molecular weight excluding hydrogens is 624 g/mol. The molecule has 3 saturated heterocycles. The predicted molar refractivity (Wildman–Crippen MR) is 181 cm³/mol. The molecule has 3 N–H and O–H groups in total. The second kappa shape index (κ2) is 14.1. The molecular formula is C34H43ClN6O4S. The van der Waals surface area contributed by atoms with Crippen LogP contribution in [0.2, 0.25) is 5.02 Å². The summed E-state index contributed by atoms with van der Waals surface area (Å²) in [5, 5.41) is 6.17. The van der Waals surface area contributed by atoms with Gasteiger partial charge in [-0.25, -0.2) is 9.59 Å². The summed E-state index contributed by atoms with van der Waals surface area (Å²) in [5.74, 6) is 3.67. The number of likely N-dealkylation sites (tertiary alicyclic amines) is 3. The van der Waals surface area contributed by atoms with E-state index in [2.05, 4.69) is 23.2 Å². The van der Waals surface area contributed by atoms with Crippen molar-refractivity contribution in [3.8, 4) is 12.3 Å². The molecule has 46 heavy (non-hydrogen) atoms. The number of amides is 4. The van der Waals surface area contributed by atoms with Crippen LogP contribution in [0.5, 0.6) is 0 Å². The summed E-state index contributed by atoms with van der Waals surface area (Å²) in [6, 6.07) is 5.37. The van der Waals surface area contributed by atoms with Crippen molar-refractivity contribution in [2.24, 2.45) is 11.8 Å². The minimum absolute atomic E-state index is 0.0134. The van der Waals surface area contributed by atoms with Gasteiger partial charge in [0.1, 0.15) is 5.00 Å². The number of hydrogen-bond donors (Lipinski definition) is 2. The smallest absolute Gasteiger partial charge is 0.410 e. The molecule has 4 amide bonds. The number of nitrogens with two attached hydrogens (primary N) is 1. The van der Waals surface area contributed by atoms with Crippen LogP contribution in [0.1, 0.15) is 55.2 Å². The van der Waals surface area contributed by atoms with Crippen molar-refractivity contribution < 1.29 is 19.1 Å². The molecule has 1 atom stereocenters. The lowest BCUT2D eigenvalue weighted by Gasteiger charge is -2.41. The third-order valence-corrected chi connectivity index (χ3v) is 11.5. The Balaban J connectivity index is 1.10. The number of piperidine rings is 3. The van der Waals surface area contributed by atoms with Crippen LogP contribution < -0.4 is 11.1 Å². The van der Waals surface area contributed by atoms with Gasteiger partial charge >= 0.3 is 12.1 Å². The van der Waals surface area contributed by atoms with Crippen molar-refractivity contribution in [1.82, 2.24) is 19.6 Å². The van der Waals surface area contributed by atoms with Gasteiger partial charge < -0.3 is 30.1 Å². The maximum atomic E-state index is 14.0. The second-order valence-electron chi connectivity index (χ2n) is 13.1. The molecule has 4 aliphatic rings. The number of rotatable bonds is 6. The molecule has 12 heteroatoms. The average molecular weight is 667 g/mol. The number of halogens is 1. The first kappa shape index (κ1) is 32.5. The van der Waals surface area contributed by atoms with E-state index in [1.165, 1.54) is 24.2 Å². The van der Waals surface area contributed by atoms with Gasteiger partial charge in [0.05, 0.1) is 17.3 Å².